The van der Waals surface area contributed by atoms with Crippen LogP contribution in [0.4, 0.5) is 0 Å². The quantitative estimate of drug-likeness (QED) is 0.468. The van der Waals surface area contributed by atoms with Crippen LogP contribution < -0.4 is 15.6 Å². The summed E-state index contributed by atoms with van der Waals surface area (Å²) in [4.78, 5) is 30.3. The van der Waals surface area contributed by atoms with Gasteiger partial charge in [0.1, 0.15) is 17.9 Å². The van der Waals surface area contributed by atoms with Gasteiger partial charge in [0.15, 0.2) is 0 Å². The van der Waals surface area contributed by atoms with E-state index < -0.39 is 0 Å². The molecule has 168 valence electrons. The first-order valence-electron chi connectivity index (χ1n) is 10.5. The molecule has 1 amide bonds. The molecule has 0 saturated carbocycles. The number of nitrogens with one attached hydrogen (secondary N) is 1. The van der Waals surface area contributed by atoms with Crippen LogP contribution >= 0.6 is 0 Å². The lowest BCUT2D eigenvalue weighted by Gasteiger charge is -2.13. The average Bonchev–Trinajstić information content (AvgIpc) is 3.31. The van der Waals surface area contributed by atoms with E-state index in [0.29, 0.717) is 29.4 Å². The van der Waals surface area contributed by atoms with E-state index in [-0.39, 0.29) is 29.5 Å². The molecule has 0 saturated heterocycles. The number of pyridine rings is 1. The molecule has 1 N–H and O–H groups in total. The second-order valence-electron chi connectivity index (χ2n) is 7.65. The maximum absolute atomic E-state index is 13.3. The summed E-state index contributed by atoms with van der Waals surface area (Å²) in [6.07, 6.45) is 0. The standard InChI is InChI=1S/C25H24N4O4/c1-16-12-17(2)29(15-21(30)26-14-18-8-7-11-20(13-18)32-3)25(31)22(16)24-27-23(28-33-24)19-9-5-4-6-10-19/h4-13H,14-15H2,1-3H3,(H,26,30). The average molecular weight is 444 g/mol. The third-order valence-electron chi connectivity index (χ3n) is 5.30. The molecule has 0 fully saturated rings. The molecule has 33 heavy (non-hydrogen) atoms. The zero-order valence-corrected chi connectivity index (χ0v) is 18.7. The van der Waals surface area contributed by atoms with Gasteiger partial charge in [-0.3, -0.25) is 9.59 Å². The van der Waals surface area contributed by atoms with Gasteiger partial charge in [-0.25, -0.2) is 0 Å². The van der Waals surface area contributed by atoms with E-state index in [1.165, 1.54) is 4.57 Å². The minimum absolute atomic E-state index is 0.123. The van der Waals surface area contributed by atoms with Gasteiger partial charge in [-0.2, -0.15) is 4.98 Å². The number of hydrogen-bond donors (Lipinski definition) is 1. The fourth-order valence-electron chi connectivity index (χ4n) is 3.60. The van der Waals surface area contributed by atoms with E-state index in [1.807, 2.05) is 67.6 Å². The molecule has 2 heterocycles. The van der Waals surface area contributed by atoms with Crippen LogP contribution in [0.2, 0.25) is 0 Å². The number of ether oxygens (including phenoxy) is 1. The smallest absolute Gasteiger partial charge is 0.264 e. The topological polar surface area (TPSA) is 99.2 Å². The highest BCUT2D eigenvalue weighted by Crippen LogP contribution is 2.23. The number of aryl methyl sites for hydroxylation is 2. The Morgan fingerprint density at radius 3 is 2.64 bits per heavy atom. The lowest BCUT2D eigenvalue weighted by atomic mass is 10.1. The third kappa shape index (κ3) is 4.85. The molecule has 0 aliphatic heterocycles. The summed E-state index contributed by atoms with van der Waals surface area (Å²) >= 11 is 0. The molecule has 4 aromatic rings. The second-order valence-corrected chi connectivity index (χ2v) is 7.65. The molecule has 4 rings (SSSR count). The van der Waals surface area contributed by atoms with Crippen molar-refractivity contribution in [2.75, 3.05) is 7.11 Å². The maximum atomic E-state index is 13.3. The number of rotatable bonds is 7. The Morgan fingerprint density at radius 2 is 1.88 bits per heavy atom. The van der Waals surface area contributed by atoms with E-state index in [2.05, 4.69) is 15.5 Å². The number of hydrogen-bond acceptors (Lipinski definition) is 6. The number of aromatic nitrogens is 3. The van der Waals surface area contributed by atoms with Crippen molar-refractivity contribution < 1.29 is 14.1 Å². The number of amides is 1. The lowest BCUT2D eigenvalue weighted by Crippen LogP contribution is -2.34. The van der Waals surface area contributed by atoms with Crippen LogP contribution in [0.15, 0.2) is 70.0 Å². The van der Waals surface area contributed by atoms with Crippen molar-refractivity contribution in [3.05, 3.63) is 87.8 Å². The van der Waals surface area contributed by atoms with E-state index in [4.69, 9.17) is 9.26 Å². The van der Waals surface area contributed by atoms with Crippen LogP contribution in [0.5, 0.6) is 5.75 Å². The van der Waals surface area contributed by atoms with Crippen molar-refractivity contribution in [1.29, 1.82) is 0 Å². The molecule has 2 aromatic carbocycles. The van der Waals surface area contributed by atoms with Crippen molar-refractivity contribution in [2.45, 2.75) is 26.9 Å². The molecule has 0 bridgehead atoms. The Kier molecular flexibility index (Phi) is 6.35. The van der Waals surface area contributed by atoms with Gasteiger partial charge in [0.2, 0.25) is 11.7 Å². The number of carbonyl (C=O) groups is 1. The van der Waals surface area contributed by atoms with E-state index in [9.17, 15) is 9.59 Å². The second kappa shape index (κ2) is 9.52. The summed E-state index contributed by atoms with van der Waals surface area (Å²) < 4.78 is 12.0. The fraction of sp³-hybridized carbons (Fsp3) is 0.200. The molecule has 0 atom stereocenters. The zero-order chi connectivity index (χ0) is 23.4. The summed E-state index contributed by atoms with van der Waals surface area (Å²) in [6, 6.07) is 18.6. The van der Waals surface area contributed by atoms with Crippen molar-refractivity contribution in [2.24, 2.45) is 0 Å². The lowest BCUT2D eigenvalue weighted by molar-refractivity contribution is -0.121. The molecule has 8 heteroatoms. The van der Waals surface area contributed by atoms with Crippen molar-refractivity contribution in [3.63, 3.8) is 0 Å². The van der Waals surface area contributed by atoms with E-state index in [1.54, 1.807) is 14.0 Å². The fourth-order valence-corrected chi connectivity index (χ4v) is 3.60. The van der Waals surface area contributed by atoms with Crippen LogP contribution in [-0.4, -0.2) is 27.7 Å². The molecule has 0 aliphatic rings. The number of nitrogens with zero attached hydrogens (tertiary/aromatic N) is 3. The van der Waals surface area contributed by atoms with Crippen LogP contribution in [0.3, 0.4) is 0 Å². The summed E-state index contributed by atoms with van der Waals surface area (Å²) in [6.45, 7) is 3.80. The van der Waals surface area contributed by atoms with Crippen molar-refractivity contribution >= 4 is 5.91 Å². The maximum Gasteiger partial charge on any atom is 0.264 e. The zero-order valence-electron chi connectivity index (χ0n) is 18.7. The Hall–Kier alpha value is -4.20. The van der Waals surface area contributed by atoms with Crippen LogP contribution in [0.1, 0.15) is 16.8 Å². The van der Waals surface area contributed by atoms with Crippen LogP contribution in [0, 0.1) is 13.8 Å². The highest BCUT2D eigenvalue weighted by Gasteiger charge is 2.20. The van der Waals surface area contributed by atoms with Gasteiger partial charge in [0.25, 0.3) is 11.4 Å². The molecule has 2 aromatic heterocycles. The highest BCUT2D eigenvalue weighted by molar-refractivity contribution is 5.76. The minimum atomic E-state index is -0.354. The third-order valence-corrected chi connectivity index (χ3v) is 5.30. The molecule has 0 unspecified atom stereocenters. The monoisotopic (exact) mass is 444 g/mol. The van der Waals surface area contributed by atoms with Gasteiger partial charge < -0.3 is 19.1 Å². The van der Waals surface area contributed by atoms with Gasteiger partial charge in [-0.05, 0) is 43.2 Å². The predicted octanol–water partition coefficient (Wildman–Crippen LogP) is 3.51. The van der Waals surface area contributed by atoms with Crippen LogP contribution in [0.25, 0.3) is 22.8 Å². The van der Waals surface area contributed by atoms with E-state index in [0.717, 1.165) is 11.1 Å². The number of carbonyl (C=O) groups excluding carboxylic acids is 1. The SMILES string of the molecule is COc1cccc(CNC(=O)Cn2c(C)cc(C)c(-c3nc(-c4ccccc4)no3)c2=O)c1. The highest BCUT2D eigenvalue weighted by atomic mass is 16.5. The Bertz CT molecular complexity index is 1340. The van der Waals surface area contributed by atoms with Crippen molar-refractivity contribution in [1.82, 2.24) is 20.0 Å². The van der Waals surface area contributed by atoms with E-state index >= 15 is 0 Å². The van der Waals surface area contributed by atoms with Gasteiger partial charge in [-0.1, -0.05) is 47.6 Å². The predicted molar refractivity (Wildman–Crippen MR) is 124 cm³/mol. The molecular formula is C25H24N4O4. The first-order chi connectivity index (χ1) is 16.0. The van der Waals surface area contributed by atoms with Crippen molar-refractivity contribution in [3.8, 4) is 28.6 Å². The normalized spacial score (nSPS) is 10.8. The molecule has 0 aliphatic carbocycles. The first-order valence-corrected chi connectivity index (χ1v) is 10.5. The van der Waals surface area contributed by atoms with Gasteiger partial charge in [0, 0.05) is 17.8 Å². The van der Waals surface area contributed by atoms with Gasteiger partial charge in [-0.15, -0.1) is 0 Å². The number of benzene rings is 2. The number of methoxy groups -OCH3 is 1. The summed E-state index contributed by atoms with van der Waals surface area (Å²) in [5, 5.41) is 6.86. The van der Waals surface area contributed by atoms with Gasteiger partial charge >= 0.3 is 0 Å². The first kappa shape index (κ1) is 22.0. The Labute approximate surface area is 190 Å². The largest absolute Gasteiger partial charge is 0.497 e. The molecular weight excluding hydrogens is 420 g/mol. The minimum Gasteiger partial charge on any atom is -0.497 e. The Balaban J connectivity index is 1.56. The Morgan fingerprint density at radius 1 is 1.09 bits per heavy atom. The van der Waals surface area contributed by atoms with Gasteiger partial charge in [0.05, 0.1) is 7.11 Å². The molecule has 0 radical (unpaired) electrons. The molecule has 8 nitrogen and oxygen atoms in total. The van der Waals surface area contributed by atoms with Crippen LogP contribution in [-0.2, 0) is 17.9 Å². The summed E-state index contributed by atoms with van der Waals surface area (Å²) in [5.41, 5.74) is 2.99. The molecule has 0 spiro atoms. The summed E-state index contributed by atoms with van der Waals surface area (Å²) in [7, 11) is 1.59. The summed E-state index contributed by atoms with van der Waals surface area (Å²) in [5.74, 6) is 0.953.